The van der Waals surface area contributed by atoms with Crippen molar-refractivity contribution in [3.8, 4) is 12.8 Å². The minimum absolute atomic E-state index is 0.164. The standard InChI is InChI=1S/C18H35NO.C2H2/c1-2-3-4-5-6-7-8-9-10-11-12-13-14-15-16-17-18(19)20;1-2/h9-10H,2-8,11-17H2,1H3,(H2,19,20);1-2H/b10-9-;. The van der Waals surface area contributed by atoms with Gasteiger partial charge in [-0.3, -0.25) is 4.79 Å². The van der Waals surface area contributed by atoms with Gasteiger partial charge in [-0.1, -0.05) is 70.4 Å². The zero-order valence-electron chi connectivity index (χ0n) is 14.7. The molecule has 0 atom stereocenters. The third kappa shape index (κ3) is 23.8. The van der Waals surface area contributed by atoms with Gasteiger partial charge in [-0.25, -0.2) is 0 Å². The molecule has 0 bridgehead atoms. The predicted octanol–water partition coefficient (Wildman–Crippen LogP) is 5.76. The van der Waals surface area contributed by atoms with Gasteiger partial charge in [0.2, 0.25) is 5.91 Å². The topological polar surface area (TPSA) is 43.1 Å². The fraction of sp³-hybridized carbons (Fsp3) is 0.750. The highest BCUT2D eigenvalue weighted by molar-refractivity contribution is 5.73. The Bertz CT molecular complexity index is 268. The molecular weight excluding hydrogens is 270 g/mol. The lowest BCUT2D eigenvalue weighted by Gasteiger charge is -1.99. The Morgan fingerprint density at radius 3 is 1.64 bits per heavy atom. The Labute approximate surface area is 138 Å². The van der Waals surface area contributed by atoms with Crippen LogP contribution in [0.4, 0.5) is 0 Å². The number of carbonyl (C=O) groups is 1. The van der Waals surface area contributed by atoms with Gasteiger partial charge < -0.3 is 5.73 Å². The van der Waals surface area contributed by atoms with Gasteiger partial charge in [-0.05, 0) is 32.1 Å². The monoisotopic (exact) mass is 307 g/mol. The van der Waals surface area contributed by atoms with Crippen LogP contribution in [0.25, 0.3) is 0 Å². The van der Waals surface area contributed by atoms with E-state index in [2.05, 4.69) is 31.9 Å². The summed E-state index contributed by atoms with van der Waals surface area (Å²) < 4.78 is 0. The molecule has 0 heterocycles. The Kier molecular flexibility index (Phi) is 23.1. The molecule has 0 aliphatic heterocycles. The first-order valence-electron chi connectivity index (χ1n) is 9.04. The van der Waals surface area contributed by atoms with Crippen LogP contribution in [0.15, 0.2) is 12.2 Å². The second kappa shape index (κ2) is 22.1. The van der Waals surface area contributed by atoms with Crippen LogP contribution in [0.1, 0.15) is 96.8 Å². The molecule has 0 aromatic carbocycles. The van der Waals surface area contributed by atoms with Gasteiger partial charge in [0.25, 0.3) is 0 Å². The smallest absolute Gasteiger partial charge is 0.217 e. The van der Waals surface area contributed by atoms with Crippen molar-refractivity contribution in [3.63, 3.8) is 0 Å². The van der Waals surface area contributed by atoms with Crippen molar-refractivity contribution in [2.75, 3.05) is 0 Å². The van der Waals surface area contributed by atoms with Gasteiger partial charge in [0.05, 0.1) is 0 Å². The molecule has 0 aromatic heterocycles. The highest BCUT2D eigenvalue weighted by atomic mass is 16.1. The van der Waals surface area contributed by atoms with Crippen molar-refractivity contribution in [2.24, 2.45) is 5.73 Å². The number of primary amides is 1. The average molecular weight is 308 g/mol. The normalized spacial score (nSPS) is 10.3. The molecular formula is C20H37NO. The van der Waals surface area contributed by atoms with Crippen LogP contribution in [0.2, 0.25) is 0 Å². The van der Waals surface area contributed by atoms with Gasteiger partial charge in [0, 0.05) is 6.42 Å². The van der Waals surface area contributed by atoms with Crippen molar-refractivity contribution in [1.82, 2.24) is 0 Å². The van der Waals surface area contributed by atoms with Crippen molar-refractivity contribution in [1.29, 1.82) is 0 Å². The van der Waals surface area contributed by atoms with Crippen molar-refractivity contribution in [2.45, 2.75) is 96.8 Å². The summed E-state index contributed by atoms with van der Waals surface area (Å²) in [6, 6.07) is 0. The zero-order valence-corrected chi connectivity index (χ0v) is 14.7. The number of hydrogen-bond donors (Lipinski definition) is 1. The summed E-state index contributed by atoms with van der Waals surface area (Å²) in [5, 5.41) is 0. The third-order valence-corrected chi connectivity index (χ3v) is 3.68. The maximum atomic E-state index is 10.5. The second-order valence-corrected chi connectivity index (χ2v) is 5.80. The molecule has 2 N–H and O–H groups in total. The highest BCUT2D eigenvalue weighted by Crippen LogP contribution is 2.09. The fourth-order valence-corrected chi connectivity index (χ4v) is 2.37. The Hall–Kier alpha value is -1.23. The molecule has 0 fully saturated rings. The zero-order chi connectivity index (χ0) is 16.9. The van der Waals surface area contributed by atoms with Crippen LogP contribution in [0, 0.1) is 12.8 Å². The van der Waals surface area contributed by atoms with E-state index < -0.39 is 0 Å². The molecule has 0 spiro atoms. The van der Waals surface area contributed by atoms with E-state index in [0.29, 0.717) is 6.42 Å². The van der Waals surface area contributed by atoms with E-state index in [9.17, 15) is 4.79 Å². The number of hydrogen-bond acceptors (Lipinski definition) is 1. The molecule has 0 radical (unpaired) electrons. The molecule has 1 amide bonds. The first-order chi connectivity index (χ1) is 10.8. The Morgan fingerprint density at radius 1 is 0.773 bits per heavy atom. The average Bonchev–Trinajstić information content (AvgIpc) is 2.53. The van der Waals surface area contributed by atoms with Gasteiger partial charge in [0.15, 0.2) is 0 Å². The van der Waals surface area contributed by atoms with Gasteiger partial charge in [0.1, 0.15) is 0 Å². The molecule has 22 heavy (non-hydrogen) atoms. The first-order valence-corrected chi connectivity index (χ1v) is 9.04. The lowest BCUT2D eigenvalue weighted by atomic mass is 10.1. The molecule has 0 unspecified atom stereocenters. The van der Waals surface area contributed by atoms with Crippen molar-refractivity contribution < 1.29 is 4.79 Å². The predicted molar refractivity (Wildman–Crippen MR) is 98.5 cm³/mol. The maximum absolute atomic E-state index is 10.5. The van der Waals surface area contributed by atoms with Gasteiger partial charge in [-0.15, -0.1) is 12.8 Å². The Morgan fingerprint density at radius 2 is 1.18 bits per heavy atom. The van der Waals surface area contributed by atoms with Crippen molar-refractivity contribution >= 4 is 5.91 Å². The number of nitrogens with two attached hydrogens (primary N) is 1. The van der Waals surface area contributed by atoms with E-state index in [0.717, 1.165) is 12.8 Å². The second-order valence-electron chi connectivity index (χ2n) is 5.80. The van der Waals surface area contributed by atoms with Crippen LogP contribution in [0.3, 0.4) is 0 Å². The SMILES string of the molecule is C#C.CCCCCCCC/C=C\CCCCCCCC(N)=O. The molecule has 2 heteroatoms. The van der Waals surface area contributed by atoms with E-state index in [1.54, 1.807) is 0 Å². The third-order valence-electron chi connectivity index (χ3n) is 3.68. The largest absolute Gasteiger partial charge is 0.370 e. The lowest BCUT2D eigenvalue weighted by molar-refractivity contribution is -0.118. The van der Waals surface area contributed by atoms with Crippen molar-refractivity contribution in [3.05, 3.63) is 12.2 Å². The van der Waals surface area contributed by atoms with E-state index in [4.69, 9.17) is 5.73 Å². The summed E-state index contributed by atoms with van der Waals surface area (Å²) in [6.45, 7) is 2.26. The quantitative estimate of drug-likeness (QED) is 0.233. The molecule has 0 saturated heterocycles. The van der Waals surface area contributed by atoms with Gasteiger partial charge >= 0.3 is 0 Å². The van der Waals surface area contributed by atoms with E-state index in [1.807, 2.05) is 0 Å². The molecule has 0 aliphatic rings. The van der Waals surface area contributed by atoms with Crippen LogP contribution in [-0.2, 0) is 4.79 Å². The number of allylic oxidation sites excluding steroid dienone is 2. The molecule has 0 aromatic rings. The van der Waals surface area contributed by atoms with Crippen LogP contribution in [0.5, 0.6) is 0 Å². The summed E-state index contributed by atoms with van der Waals surface area (Å²) >= 11 is 0. The van der Waals surface area contributed by atoms with Crippen LogP contribution in [-0.4, -0.2) is 5.91 Å². The summed E-state index contributed by atoms with van der Waals surface area (Å²) in [5.74, 6) is -0.164. The van der Waals surface area contributed by atoms with E-state index in [1.165, 1.54) is 70.6 Å². The van der Waals surface area contributed by atoms with Gasteiger partial charge in [-0.2, -0.15) is 0 Å². The highest BCUT2D eigenvalue weighted by Gasteiger charge is 1.94. The van der Waals surface area contributed by atoms with Crippen LogP contribution >= 0.6 is 0 Å². The minimum Gasteiger partial charge on any atom is -0.370 e. The first kappa shape index (κ1) is 23.0. The summed E-state index contributed by atoms with van der Waals surface area (Å²) in [5.41, 5.74) is 5.10. The summed E-state index contributed by atoms with van der Waals surface area (Å²) in [7, 11) is 0. The van der Waals surface area contributed by atoms with Crippen LogP contribution < -0.4 is 5.73 Å². The summed E-state index contributed by atoms with van der Waals surface area (Å²) in [4.78, 5) is 10.5. The summed E-state index contributed by atoms with van der Waals surface area (Å²) in [6.07, 6.45) is 29.9. The molecule has 0 rings (SSSR count). The number of carbonyl (C=O) groups excluding carboxylic acids is 1. The maximum Gasteiger partial charge on any atom is 0.217 e. The molecule has 2 nitrogen and oxygen atoms in total. The lowest BCUT2D eigenvalue weighted by Crippen LogP contribution is -2.09. The van der Waals surface area contributed by atoms with E-state index >= 15 is 0 Å². The Balaban J connectivity index is 0. The number of amides is 1. The molecule has 0 aliphatic carbocycles. The number of rotatable bonds is 15. The number of terminal acetylenes is 1. The fourth-order valence-electron chi connectivity index (χ4n) is 2.37. The molecule has 0 saturated carbocycles. The molecule has 128 valence electrons. The minimum atomic E-state index is -0.164. The number of unbranched alkanes of at least 4 members (excludes halogenated alkanes) is 11. The van der Waals surface area contributed by atoms with E-state index in [-0.39, 0.29) is 5.91 Å².